The van der Waals surface area contributed by atoms with Crippen LogP contribution in [0.3, 0.4) is 0 Å². The highest BCUT2D eigenvalue weighted by molar-refractivity contribution is 5.13. The van der Waals surface area contributed by atoms with Crippen LogP contribution in [0.4, 0.5) is 0 Å². The zero-order valence-electron chi connectivity index (χ0n) is 7.43. The third kappa shape index (κ3) is 1.25. The van der Waals surface area contributed by atoms with Crippen molar-refractivity contribution in [2.75, 3.05) is 13.1 Å². The zero-order chi connectivity index (χ0) is 8.32. The molecule has 0 N–H and O–H groups in total. The summed E-state index contributed by atoms with van der Waals surface area (Å²) < 4.78 is 0. The molecular formula is C9H16N2. The predicted molar refractivity (Wildman–Crippen MR) is 45.1 cm³/mol. The summed E-state index contributed by atoms with van der Waals surface area (Å²) in [6.07, 6.45) is 3.38. The van der Waals surface area contributed by atoms with Gasteiger partial charge in [-0.2, -0.15) is 5.26 Å². The molecule has 2 heteroatoms. The van der Waals surface area contributed by atoms with Crippen molar-refractivity contribution in [3.63, 3.8) is 0 Å². The van der Waals surface area contributed by atoms with Gasteiger partial charge in [0.2, 0.25) is 0 Å². The lowest BCUT2D eigenvalue weighted by Crippen LogP contribution is -2.52. The molecule has 62 valence electrons. The van der Waals surface area contributed by atoms with Gasteiger partial charge in [0, 0.05) is 0 Å². The molecule has 0 unspecified atom stereocenters. The molecule has 0 radical (unpaired) electrons. The average Bonchev–Trinajstić information content (AvgIpc) is 1.96. The van der Waals surface area contributed by atoms with E-state index in [4.69, 9.17) is 5.26 Å². The van der Waals surface area contributed by atoms with Crippen LogP contribution in [0.25, 0.3) is 0 Å². The third-order valence-electron chi connectivity index (χ3n) is 2.76. The Labute approximate surface area is 68.8 Å². The highest BCUT2D eigenvalue weighted by Crippen LogP contribution is 2.36. The Bertz CT molecular complexity index is 161. The van der Waals surface area contributed by atoms with Crippen molar-refractivity contribution in [2.24, 2.45) is 0 Å². The first-order chi connectivity index (χ1) is 5.29. The molecule has 0 saturated heterocycles. The van der Waals surface area contributed by atoms with Crippen LogP contribution in [0.1, 0.15) is 33.1 Å². The van der Waals surface area contributed by atoms with E-state index in [0.717, 1.165) is 25.9 Å². The Hall–Kier alpha value is -0.550. The maximum Gasteiger partial charge on any atom is 0.109 e. The van der Waals surface area contributed by atoms with Gasteiger partial charge in [0.15, 0.2) is 0 Å². The van der Waals surface area contributed by atoms with Crippen molar-refractivity contribution in [1.82, 2.24) is 4.90 Å². The molecule has 0 bridgehead atoms. The first kappa shape index (κ1) is 8.55. The molecule has 0 heterocycles. The fourth-order valence-electron chi connectivity index (χ4n) is 1.84. The molecule has 0 atom stereocenters. The highest BCUT2D eigenvalue weighted by atomic mass is 15.2. The molecule has 0 amide bonds. The van der Waals surface area contributed by atoms with Gasteiger partial charge in [-0.05, 0) is 32.4 Å². The summed E-state index contributed by atoms with van der Waals surface area (Å²) in [6.45, 7) is 6.26. The topological polar surface area (TPSA) is 27.0 Å². The molecule has 2 nitrogen and oxygen atoms in total. The highest BCUT2D eigenvalue weighted by Gasteiger charge is 2.41. The smallest absolute Gasteiger partial charge is 0.109 e. The second kappa shape index (κ2) is 3.23. The van der Waals surface area contributed by atoms with Crippen molar-refractivity contribution in [3.8, 4) is 6.07 Å². The lowest BCUT2D eigenvalue weighted by molar-refractivity contribution is 0.0759. The lowest BCUT2D eigenvalue weighted by atomic mass is 9.76. The van der Waals surface area contributed by atoms with E-state index in [2.05, 4.69) is 24.8 Å². The summed E-state index contributed by atoms with van der Waals surface area (Å²) >= 11 is 0. The van der Waals surface area contributed by atoms with Gasteiger partial charge in [-0.3, -0.25) is 4.90 Å². The Kier molecular flexibility index (Phi) is 2.51. The Balaban J connectivity index is 2.61. The van der Waals surface area contributed by atoms with Gasteiger partial charge < -0.3 is 0 Å². The molecule has 0 aromatic carbocycles. The van der Waals surface area contributed by atoms with Crippen molar-refractivity contribution in [3.05, 3.63) is 0 Å². The van der Waals surface area contributed by atoms with Crippen LogP contribution in [0, 0.1) is 11.3 Å². The maximum atomic E-state index is 8.98. The van der Waals surface area contributed by atoms with Crippen LogP contribution in [0.5, 0.6) is 0 Å². The van der Waals surface area contributed by atoms with Gasteiger partial charge in [-0.15, -0.1) is 0 Å². The lowest BCUT2D eigenvalue weighted by Gasteiger charge is -2.44. The van der Waals surface area contributed by atoms with Gasteiger partial charge in [0.05, 0.1) is 6.07 Å². The minimum Gasteiger partial charge on any atom is -0.286 e. The van der Waals surface area contributed by atoms with Crippen molar-refractivity contribution >= 4 is 0 Å². The molecule has 0 aromatic heterocycles. The summed E-state index contributed by atoms with van der Waals surface area (Å²) in [5.74, 6) is 0. The van der Waals surface area contributed by atoms with Crippen molar-refractivity contribution in [1.29, 1.82) is 5.26 Å². The molecule has 1 aliphatic carbocycles. The number of nitriles is 1. The van der Waals surface area contributed by atoms with Crippen LogP contribution < -0.4 is 0 Å². The van der Waals surface area contributed by atoms with E-state index < -0.39 is 0 Å². The van der Waals surface area contributed by atoms with Gasteiger partial charge >= 0.3 is 0 Å². The number of hydrogen-bond acceptors (Lipinski definition) is 2. The van der Waals surface area contributed by atoms with Crippen LogP contribution in [-0.2, 0) is 0 Å². The first-order valence-electron chi connectivity index (χ1n) is 4.45. The molecule has 0 aliphatic heterocycles. The van der Waals surface area contributed by atoms with Crippen LogP contribution >= 0.6 is 0 Å². The summed E-state index contributed by atoms with van der Waals surface area (Å²) in [7, 11) is 0. The van der Waals surface area contributed by atoms with E-state index in [-0.39, 0.29) is 5.54 Å². The van der Waals surface area contributed by atoms with Crippen LogP contribution in [-0.4, -0.2) is 23.5 Å². The van der Waals surface area contributed by atoms with Gasteiger partial charge in [-0.1, -0.05) is 13.8 Å². The normalized spacial score (nSPS) is 20.9. The summed E-state index contributed by atoms with van der Waals surface area (Å²) in [5.41, 5.74) is -0.0799. The monoisotopic (exact) mass is 152 g/mol. The molecular weight excluding hydrogens is 136 g/mol. The Morgan fingerprint density at radius 3 is 2.00 bits per heavy atom. The minimum atomic E-state index is -0.0799. The fourth-order valence-corrected chi connectivity index (χ4v) is 1.84. The van der Waals surface area contributed by atoms with Crippen molar-refractivity contribution < 1.29 is 0 Å². The molecule has 1 fully saturated rings. The van der Waals surface area contributed by atoms with E-state index in [1.807, 2.05) is 0 Å². The Morgan fingerprint density at radius 2 is 1.91 bits per heavy atom. The summed E-state index contributed by atoms with van der Waals surface area (Å²) in [4.78, 5) is 2.27. The second-order valence-electron chi connectivity index (χ2n) is 3.17. The number of rotatable bonds is 3. The fraction of sp³-hybridized carbons (Fsp3) is 0.889. The standard InChI is InChI=1S/C9H16N2/c1-3-11(4-2)9(8-10)6-5-7-9/h3-7H2,1-2H3. The third-order valence-corrected chi connectivity index (χ3v) is 2.76. The zero-order valence-corrected chi connectivity index (χ0v) is 7.43. The van der Waals surface area contributed by atoms with E-state index in [0.29, 0.717) is 0 Å². The molecule has 0 aromatic rings. The van der Waals surface area contributed by atoms with Crippen molar-refractivity contribution in [2.45, 2.75) is 38.6 Å². The largest absolute Gasteiger partial charge is 0.286 e. The van der Waals surface area contributed by atoms with E-state index in [1.54, 1.807) is 0 Å². The van der Waals surface area contributed by atoms with Crippen LogP contribution in [0.2, 0.25) is 0 Å². The van der Waals surface area contributed by atoms with E-state index >= 15 is 0 Å². The Morgan fingerprint density at radius 1 is 1.36 bits per heavy atom. The molecule has 1 saturated carbocycles. The van der Waals surface area contributed by atoms with Gasteiger partial charge in [0.1, 0.15) is 5.54 Å². The quantitative estimate of drug-likeness (QED) is 0.616. The SMILES string of the molecule is CCN(CC)C1(C#N)CCC1. The molecule has 1 aliphatic rings. The second-order valence-corrected chi connectivity index (χ2v) is 3.17. The van der Waals surface area contributed by atoms with E-state index in [9.17, 15) is 0 Å². The first-order valence-corrected chi connectivity index (χ1v) is 4.45. The van der Waals surface area contributed by atoms with Crippen LogP contribution in [0.15, 0.2) is 0 Å². The average molecular weight is 152 g/mol. The summed E-state index contributed by atoms with van der Waals surface area (Å²) in [5, 5.41) is 8.98. The summed E-state index contributed by atoms with van der Waals surface area (Å²) in [6, 6.07) is 2.44. The van der Waals surface area contributed by atoms with Gasteiger partial charge in [0.25, 0.3) is 0 Å². The predicted octanol–water partition coefficient (Wildman–Crippen LogP) is 1.77. The molecule has 1 rings (SSSR count). The maximum absolute atomic E-state index is 8.98. The van der Waals surface area contributed by atoms with E-state index in [1.165, 1.54) is 6.42 Å². The van der Waals surface area contributed by atoms with Gasteiger partial charge in [-0.25, -0.2) is 0 Å². The number of hydrogen-bond donors (Lipinski definition) is 0. The minimum absolute atomic E-state index is 0.0799. The molecule has 0 spiro atoms. The number of nitrogens with zero attached hydrogens (tertiary/aromatic N) is 2. The molecule has 11 heavy (non-hydrogen) atoms.